The summed E-state index contributed by atoms with van der Waals surface area (Å²) >= 11 is 0. The maximum absolute atomic E-state index is 11.2. The van der Waals surface area contributed by atoms with E-state index in [0.717, 1.165) is 11.1 Å². The van der Waals surface area contributed by atoms with E-state index in [2.05, 4.69) is 0 Å². The highest BCUT2D eigenvalue weighted by Crippen LogP contribution is 2.30. The van der Waals surface area contributed by atoms with Gasteiger partial charge in [-0.15, -0.1) is 0 Å². The van der Waals surface area contributed by atoms with Gasteiger partial charge in [0.05, 0.1) is 9.79 Å². The molecule has 0 spiro atoms. The first-order valence-corrected chi connectivity index (χ1v) is 9.21. The third-order valence-corrected chi connectivity index (χ3v) is 5.41. The fourth-order valence-corrected chi connectivity index (χ4v) is 3.67. The first-order valence-electron chi connectivity index (χ1n) is 6.33. The number of rotatable bonds is 2. The van der Waals surface area contributed by atoms with Crippen molar-refractivity contribution in [3.05, 3.63) is 58.7 Å². The van der Waals surface area contributed by atoms with Crippen molar-refractivity contribution in [2.24, 2.45) is 0 Å². The zero-order valence-electron chi connectivity index (χ0n) is 11.2. The fourth-order valence-electron chi connectivity index (χ4n) is 2.61. The van der Waals surface area contributed by atoms with Gasteiger partial charge < -0.3 is 0 Å². The Bertz CT molecular complexity index is 895. The molecule has 6 nitrogen and oxygen atoms in total. The molecule has 3 rings (SSSR count). The zero-order valence-corrected chi connectivity index (χ0v) is 12.9. The van der Waals surface area contributed by atoms with Crippen molar-refractivity contribution in [3.63, 3.8) is 0 Å². The second-order valence-electron chi connectivity index (χ2n) is 5.16. The van der Waals surface area contributed by atoms with Crippen LogP contribution < -0.4 is 0 Å². The van der Waals surface area contributed by atoms with Crippen molar-refractivity contribution in [2.45, 2.75) is 22.6 Å². The number of fused-ring (bicyclic) bond motifs is 2. The molecule has 0 unspecified atom stereocenters. The number of hydrogen-bond donors (Lipinski definition) is 2. The fraction of sp³-hybridized carbons (Fsp3) is 0.143. The second-order valence-corrected chi connectivity index (χ2v) is 8.01. The Hall–Kier alpha value is -1.74. The summed E-state index contributed by atoms with van der Waals surface area (Å²) in [4.78, 5) is -0.388. The van der Waals surface area contributed by atoms with Crippen LogP contribution in [0.3, 0.4) is 0 Å². The molecule has 0 bridgehead atoms. The predicted octanol–water partition coefficient (Wildman–Crippen LogP) is 1.68. The molecule has 0 heterocycles. The lowest BCUT2D eigenvalue weighted by atomic mass is 9.86. The van der Waals surface area contributed by atoms with Crippen LogP contribution in [0, 0.1) is 0 Å². The summed E-state index contributed by atoms with van der Waals surface area (Å²) in [6.07, 6.45) is 0.861. The quantitative estimate of drug-likeness (QED) is 0.687. The van der Waals surface area contributed by atoms with Crippen LogP contribution in [0.5, 0.6) is 0 Å². The summed E-state index contributed by atoms with van der Waals surface area (Å²) in [5, 5.41) is 0. The lowest BCUT2D eigenvalue weighted by Gasteiger charge is -2.20. The number of benzene rings is 2. The van der Waals surface area contributed by atoms with Crippen LogP contribution in [-0.2, 0) is 33.1 Å². The van der Waals surface area contributed by atoms with Gasteiger partial charge in [-0.2, -0.15) is 16.8 Å². The molecule has 1 aliphatic carbocycles. The summed E-state index contributed by atoms with van der Waals surface area (Å²) in [7, 11) is -8.56. The highest BCUT2D eigenvalue weighted by Gasteiger charge is 2.20. The van der Waals surface area contributed by atoms with Gasteiger partial charge in [0.1, 0.15) is 0 Å². The zero-order chi connectivity index (χ0) is 16.1. The van der Waals surface area contributed by atoms with E-state index in [4.69, 9.17) is 9.11 Å². The molecule has 0 amide bonds. The van der Waals surface area contributed by atoms with Crippen LogP contribution >= 0.6 is 0 Å². The largest absolute Gasteiger partial charge is 0.294 e. The van der Waals surface area contributed by atoms with E-state index in [9.17, 15) is 16.8 Å². The standard InChI is InChI=1S/C14H12O6S2/c15-21(16,17)13-3-1-9-5-10-2-4-14(22(18,19)20)8-12(10)6-11(9)7-13/h1-4,7-8H,5-6H2,(H,15,16,17)(H,18,19,20). The van der Waals surface area contributed by atoms with Gasteiger partial charge in [-0.25, -0.2) is 0 Å². The first kappa shape index (κ1) is 15.2. The van der Waals surface area contributed by atoms with Crippen molar-refractivity contribution in [3.8, 4) is 0 Å². The number of hydrogen-bond acceptors (Lipinski definition) is 4. The molecule has 2 aromatic carbocycles. The highest BCUT2D eigenvalue weighted by atomic mass is 32.2. The van der Waals surface area contributed by atoms with Gasteiger partial charge in [0.15, 0.2) is 0 Å². The average molecular weight is 340 g/mol. The Morgan fingerprint density at radius 2 is 1.00 bits per heavy atom. The Kier molecular flexibility index (Phi) is 3.37. The minimum Gasteiger partial charge on any atom is -0.282 e. The van der Waals surface area contributed by atoms with Crippen LogP contribution in [0.4, 0.5) is 0 Å². The van der Waals surface area contributed by atoms with E-state index >= 15 is 0 Å². The first-order chi connectivity index (χ1) is 10.1. The smallest absolute Gasteiger partial charge is 0.282 e. The molecule has 2 N–H and O–H groups in total. The van der Waals surface area contributed by atoms with E-state index in [1.807, 2.05) is 0 Å². The molecule has 0 saturated heterocycles. The van der Waals surface area contributed by atoms with Gasteiger partial charge in [0, 0.05) is 0 Å². The molecule has 0 radical (unpaired) electrons. The van der Waals surface area contributed by atoms with Crippen molar-refractivity contribution >= 4 is 20.2 Å². The third kappa shape index (κ3) is 2.78. The Morgan fingerprint density at radius 1 is 0.636 bits per heavy atom. The van der Waals surface area contributed by atoms with Crippen LogP contribution in [0.15, 0.2) is 46.2 Å². The van der Waals surface area contributed by atoms with Gasteiger partial charge in [-0.05, 0) is 59.4 Å². The highest BCUT2D eigenvalue weighted by molar-refractivity contribution is 7.86. The molecule has 0 aromatic heterocycles. The van der Waals surface area contributed by atoms with Crippen molar-refractivity contribution < 1.29 is 25.9 Å². The van der Waals surface area contributed by atoms with Crippen molar-refractivity contribution in [2.75, 3.05) is 0 Å². The minimum atomic E-state index is -4.28. The van der Waals surface area contributed by atoms with E-state index in [0.29, 0.717) is 24.0 Å². The molecule has 8 heteroatoms. The van der Waals surface area contributed by atoms with Crippen molar-refractivity contribution in [1.82, 2.24) is 0 Å². The third-order valence-electron chi connectivity index (χ3n) is 3.71. The molecule has 22 heavy (non-hydrogen) atoms. The lowest BCUT2D eigenvalue weighted by molar-refractivity contribution is 0.481. The maximum Gasteiger partial charge on any atom is 0.294 e. The average Bonchev–Trinajstić information content (AvgIpc) is 2.41. The van der Waals surface area contributed by atoms with Gasteiger partial charge in [0.25, 0.3) is 20.2 Å². The topological polar surface area (TPSA) is 109 Å². The molecule has 0 atom stereocenters. The summed E-state index contributed by atoms with van der Waals surface area (Å²) < 4.78 is 63.0. The molecule has 0 saturated carbocycles. The van der Waals surface area contributed by atoms with Crippen LogP contribution in [-0.4, -0.2) is 25.9 Å². The molecule has 116 valence electrons. The van der Waals surface area contributed by atoms with Gasteiger partial charge in [-0.1, -0.05) is 12.1 Å². The van der Waals surface area contributed by atoms with Crippen molar-refractivity contribution in [1.29, 1.82) is 0 Å². The Labute approximate surface area is 127 Å². The Morgan fingerprint density at radius 3 is 1.36 bits per heavy atom. The molecule has 2 aromatic rings. The monoisotopic (exact) mass is 340 g/mol. The predicted molar refractivity (Wildman–Crippen MR) is 78.1 cm³/mol. The van der Waals surface area contributed by atoms with E-state index < -0.39 is 20.2 Å². The van der Waals surface area contributed by atoms with Crippen LogP contribution in [0.2, 0.25) is 0 Å². The molecule has 1 aliphatic rings. The summed E-state index contributed by atoms with van der Waals surface area (Å²) in [5.74, 6) is 0. The lowest BCUT2D eigenvalue weighted by Crippen LogP contribution is -2.10. The van der Waals surface area contributed by atoms with Gasteiger partial charge in [-0.3, -0.25) is 9.11 Å². The molecular formula is C14H12O6S2. The molecule has 0 fully saturated rings. The summed E-state index contributed by atoms with van der Waals surface area (Å²) in [5.41, 5.74) is 3.24. The van der Waals surface area contributed by atoms with Gasteiger partial charge in [0.2, 0.25) is 0 Å². The Balaban J connectivity index is 2.08. The maximum atomic E-state index is 11.2. The summed E-state index contributed by atoms with van der Waals surface area (Å²) in [6, 6.07) is 8.72. The van der Waals surface area contributed by atoms with E-state index in [1.165, 1.54) is 24.3 Å². The molecular weight excluding hydrogens is 328 g/mol. The van der Waals surface area contributed by atoms with Gasteiger partial charge >= 0.3 is 0 Å². The van der Waals surface area contributed by atoms with Crippen LogP contribution in [0.1, 0.15) is 22.3 Å². The molecule has 0 aliphatic heterocycles. The summed E-state index contributed by atoms with van der Waals surface area (Å²) in [6.45, 7) is 0. The van der Waals surface area contributed by atoms with E-state index in [-0.39, 0.29) is 9.79 Å². The second kappa shape index (κ2) is 4.88. The normalized spacial score (nSPS) is 14.3. The van der Waals surface area contributed by atoms with Crippen LogP contribution in [0.25, 0.3) is 0 Å². The SMILES string of the molecule is O=S(=O)(O)c1ccc2c(c1)Cc1cc(S(=O)(=O)O)ccc1C2. The van der Waals surface area contributed by atoms with E-state index in [1.54, 1.807) is 12.1 Å². The minimum absolute atomic E-state index is 0.194.